The largest absolute Gasteiger partial charge is 0.492 e. The van der Waals surface area contributed by atoms with Gasteiger partial charge in [-0.15, -0.1) is 11.6 Å². The molecule has 0 amide bonds. The van der Waals surface area contributed by atoms with Gasteiger partial charge in [-0.2, -0.15) is 0 Å². The molecule has 2 atom stereocenters. The summed E-state index contributed by atoms with van der Waals surface area (Å²) in [5, 5.41) is 23.3. The molecule has 0 aliphatic carbocycles. The Morgan fingerprint density at radius 1 is 1.06 bits per heavy atom. The van der Waals surface area contributed by atoms with Gasteiger partial charge in [0.15, 0.2) is 0 Å². The first kappa shape index (κ1) is 22.9. The van der Waals surface area contributed by atoms with Crippen LogP contribution in [0.1, 0.15) is 41.5 Å². The molecule has 162 valence electrons. The number of alkyl halides is 1. The molecule has 0 aliphatic heterocycles. The highest BCUT2D eigenvalue weighted by Gasteiger charge is 2.40. The van der Waals surface area contributed by atoms with Crippen LogP contribution < -0.4 is 10.1 Å². The van der Waals surface area contributed by atoms with Gasteiger partial charge in [-0.3, -0.25) is 0 Å². The summed E-state index contributed by atoms with van der Waals surface area (Å²) in [4.78, 5) is 0. The predicted molar refractivity (Wildman–Crippen MR) is 129 cm³/mol. The first-order valence-electron chi connectivity index (χ1n) is 10.5. The monoisotopic (exact) mass is 436 g/mol. The number of hydrogen-bond acceptors (Lipinski definition) is 4. The van der Waals surface area contributed by atoms with Gasteiger partial charge in [0, 0.05) is 30.4 Å². The van der Waals surface area contributed by atoms with Crippen molar-refractivity contribution < 1.29 is 9.84 Å². The fourth-order valence-electron chi connectivity index (χ4n) is 4.14. The maximum Gasteiger partial charge on any atom is 0.121 e. The second-order valence-electron chi connectivity index (χ2n) is 7.40. The summed E-state index contributed by atoms with van der Waals surface area (Å²) in [7, 11) is 1.83. The highest BCUT2D eigenvalue weighted by atomic mass is 35.5. The zero-order chi connectivity index (χ0) is 22.3. The highest BCUT2D eigenvalue weighted by molar-refractivity contribution is 6.18. The molecule has 0 heterocycles. The summed E-state index contributed by atoms with van der Waals surface area (Å²) in [6.07, 6.45) is 2.04. The first-order chi connectivity index (χ1) is 15.1. The number of ether oxygens (including phenoxy) is 1. The fraction of sp³-hybridized carbons (Fsp3) is 0.269. The number of hydrogen-bond donors (Lipinski definition) is 3. The molecule has 0 aromatic heterocycles. The SMILES string of the molecule is CCC(c1ccccc1)C(O)(c1ccc(OCCCl)cc1)c1ccc(NC)c(C=N)c1. The van der Waals surface area contributed by atoms with E-state index >= 15 is 0 Å². The molecule has 31 heavy (non-hydrogen) atoms. The number of rotatable bonds is 10. The Morgan fingerprint density at radius 2 is 1.74 bits per heavy atom. The molecule has 5 heteroatoms. The quantitative estimate of drug-likeness (QED) is 0.279. The van der Waals surface area contributed by atoms with E-state index in [4.69, 9.17) is 21.7 Å². The molecule has 3 aromatic rings. The molecule has 3 aromatic carbocycles. The van der Waals surface area contributed by atoms with Crippen LogP contribution in [0.4, 0.5) is 5.69 Å². The van der Waals surface area contributed by atoms with Crippen LogP contribution in [0.25, 0.3) is 0 Å². The van der Waals surface area contributed by atoms with Crippen LogP contribution in [-0.4, -0.2) is 30.9 Å². The van der Waals surface area contributed by atoms with Crippen LogP contribution >= 0.6 is 11.6 Å². The summed E-state index contributed by atoms with van der Waals surface area (Å²) < 4.78 is 5.62. The number of aliphatic hydroxyl groups is 1. The van der Waals surface area contributed by atoms with Gasteiger partial charge in [0.25, 0.3) is 0 Å². The van der Waals surface area contributed by atoms with Crippen molar-refractivity contribution in [3.63, 3.8) is 0 Å². The fourth-order valence-corrected chi connectivity index (χ4v) is 4.21. The zero-order valence-electron chi connectivity index (χ0n) is 17.9. The first-order valence-corrected chi connectivity index (χ1v) is 11.0. The Kier molecular flexibility index (Phi) is 7.72. The Hall–Kier alpha value is -2.82. The van der Waals surface area contributed by atoms with Crippen LogP contribution in [0.15, 0.2) is 72.8 Å². The smallest absolute Gasteiger partial charge is 0.121 e. The minimum absolute atomic E-state index is 0.178. The molecule has 4 nitrogen and oxygen atoms in total. The van der Waals surface area contributed by atoms with E-state index in [1.54, 1.807) is 0 Å². The number of halogens is 1. The van der Waals surface area contributed by atoms with E-state index in [1.807, 2.05) is 67.7 Å². The second kappa shape index (κ2) is 10.5. The Bertz CT molecular complexity index is 992. The van der Waals surface area contributed by atoms with Gasteiger partial charge in [-0.05, 0) is 47.4 Å². The predicted octanol–water partition coefficient (Wildman–Crippen LogP) is 5.77. The summed E-state index contributed by atoms with van der Waals surface area (Å²) >= 11 is 5.73. The minimum Gasteiger partial charge on any atom is -0.492 e. The van der Waals surface area contributed by atoms with Crippen LogP contribution in [0.5, 0.6) is 5.75 Å². The third kappa shape index (κ3) is 4.76. The lowest BCUT2D eigenvalue weighted by molar-refractivity contribution is 0.0476. The van der Waals surface area contributed by atoms with E-state index in [-0.39, 0.29) is 5.92 Å². The summed E-state index contributed by atoms with van der Waals surface area (Å²) in [6, 6.07) is 23.4. The van der Waals surface area contributed by atoms with Crippen LogP contribution in [0, 0.1) is 5.41 Å². The number of benzene rings is 3. The van der Waals surface area contributed by atoms with E-state index in [2.05, 4.69) is 24.4 Å². The lowest BCUT2D eigenvalue weighted by atomic mass is 9.71. The van der Waals surface area contributed by atoms with E-state index in [1.165, 1.54) is 6.21 Å². The lowest BCUT2D eigenvalue weighted by Gasteiger charge is -2.38. The zero-order valence-corrected chi connectivity index (χ0v) is 18.7. The maximum atomic E-state index is 12.4. The van der Waals surface area contributed by atoms with Gasteiger partial charge in [-0.25, -0.2) is 0 Å². The molecule has 3 rings (SSSR count). The molecular weight excluding hydrogens is 408 g/mol. The van der Waals surface area contributed by atoms with Gasteiger partial charge in [0.2, 0.25) is 0 Å². The lowest BCUT2D eigenvalue weighted by Crippen LogP contribution is -2.35. The summed E-state index contributed by atoms with van der Waals surface area (Å²) in [6.45, 7) is 2.51. The molecule has 0 spiro atoms. The molecule has 0 saturated heterocycles. The standard InChI is InChI=1S/C26H29ClN2O2/c1-3-24(19-7-5-4-6-8-19)26(30,21-9-12-23(13-10-21)31-16-15-27)22-11-14-25(29-2)20(17-22)18-28/h4-14,17-18,24,28-30H,3,15-16H2,1-2H3. The molecule has 0 fully saturated rings. The highest BCUT2D eigenvalue weighted by Crippen LogP contribution is 2.45. The number of nitrogens with one attached hydrogen (secondary N) is 2. The normalized spacial score (nSPS) is 13.8. The average molecular weight is 437 g/mol. The number of anilines is 1. The average Bonchev–Trinajstić information content (AvgIpc) is 2.83. The summed E-state index contributed by atoms with van der Waals surface area (Å²) in [5.74, 6) is 0.953. The molecule has 0 radical (unpaired) electrons. The van der Waals surface area contributed by atoms with E-state index in [0.29, 0.717) is 18.2 Å². The van der Waals surface area contributed by atoms with Gasteiger partial charge in [-0.1, -0.05) is 55.5 Å². The Morgan fingerprint density at radius 3 is 2.32 bits per heavy atom. The Labute approximate surface area is 189 Å². The van der Waals surface area contributed by atoms with Crippen LogP contribution in [0.3, 0.4) is 0 Å². The van der Waals surface area contributed by atoms with E-state index in [9.17, 15) is 5.11 Å². The van der Waals surface area contributed by atoms with E-state index in [0.717, 1.165) is 34.4 Å². The Balaban J connectivity index is 2.17. The van der Waals surface area contributed by atoms with Gasteiger partial charge < -0.3 is 20.6 Å². The van der Waals surface area contributed by atoms with Crippen molar-refractivity contribution in [1.82, 2.24) is 0 Å². The second-order valence-corrected chi connectivity index (χ2v) is 7.77. The van der Waals surface area contributed by atoms with Crippen molar-refractivity contribution in [2.45, 2.75) is 24.9 Å². The topological polar surface area (TPSA) is 65.3 Å². The molecule has 2 unspecified atom stereocenters. The molecule has 0 aliphatic rings. The van der Waals surface area contributed by atoms with Gasteiger partial charge >= 0.3 is 0 Å². The summed E-state index contributed by atoms with van der Waals surface area (Å²) in [5.41, 5.74) is 2.86. The minimum atomic E-state index is -1.29. The van der Waals surface area contributed by atoms with Crippen LogP contribution in [0.2, 0.25) is 0 Å². The maximum absolute atomic E-state index is 12.4. The third-order valence-electron chi connectivity index (χ3n) is 5.67. The van der Waals surface area contributed by atoms with Crippen molar-refractivity contribution in [3.05, 3.63) is 95.1 Å². The molecule has 0 bridgehead atoms. The van der Waals surface area contributed by atoms with Crippen LogP contribution in [-0.2, 0) is 5.60 Å². The molecule has 0 saturated carbocycles. The molecular formula is C26H29ClN2O2. The van der Waals surface area contributed by atoms with Crippen molar-refractivity contribution in [2.75, 3.05) is 24.9 Å². The van der Waals surface area contributed by atoms with E-state index < -0.39 is 5.60 Å². The van der Waals surface area contributed by atoms with Crippen molar-refractivity contribution in [1.29, 1.82) is 5.41 Å². The van der Waals surface area contributed by atoms with Crippen molar-refractivity contribution in [3.8, 4) is 5.75 Å². The van der Waals surface area contributed by atoms with Gasteiger partial charge in [0.1, 0.15) is 18.0 Å². The van der Waals surface area contributed by atoms with Gasteiger partial charge in [0.05, 0.1) is 5.88 Å². The molecule has 3 N–H and O–H groups in total. The third-order valence-corrected chi connectivity index (χ3v) is 5.83. The van der Waals surface area contributed by atoms with Crippen molar-refractivity contribution in [2.24, 2.45) is 0 Å². The van der Waals surface area contributed by atoms with Crippen molar-refractivity contribution >= 4 is 23.5 Å².